The second-order valence-electron chi connectivity index (χ2n) is 8.33. The highest BCUT2D eigenvalue weighted by Crippen LogP contribution is 2.28. The summed E-state index contributed by atoms with van der Waals surface area (Å²) in [5.41, 5.74) is -1.75. The van der Waals surface area contributed by atoms with E-state index in [9.17, 15) is 13.9 Å². The summed E-state index contributed by atoms with van der Waals surface area (Å²) in [5, 5.41) is 43.0. The van der Waals surface area contributed by atoms with E-state index in [1.165, 1.54) is 40.7 Å². The van der Waals surface area contributed by atoms with Gasteiger partial charge in [-0.25, -0.2) is 28.1 Å². The van der Waals surface area contributed by atoms with Gasteiger partial charge in [-0.15, -0.1) is 0 Å². The maximum Gasteiger partial charge on any atom is 0.137 e. The van der Waals surface area contributed by atoms with Crippen LogP contribution in [-0.2, 0) is 18.7 Å². The Hall–Kier alpha value is -2.84. The first-order chi connectivity index (χ1) is 17.3. The highest BCUT2D eigenvalue weighted by atomic mass is 19.1. The van der Waals surface area contributed by atoms with Crippen molar-refractivity contribution in [1.29, 1.82) is 0 Å². The van der Waals surface area contributed by atoms with Gasteiger partial charge >= 0.3 is 0 Å². The van der Waals surface area contributed by atoms with Gasteiger partial charge in [-0.2, -0.15) is 10.2 Å². The van der Waals surface area contributed by atoms with E-state index >= 15 is 0 Å². The van der Waals surface area contributed by atoms with Crippen LogP contribution in [0.2, 0.25) is 0 Å². The zero-order valence-electron chi connectivity index (χ0n) is 20.6. The second-order valence-corrected chi connectivity index (χ2v) is 8.33. The fourth-order valence-electron chi connectivity index (χ4n) is 3.48. The molecule has 3 aromatic rings. The fraction of sp³-hybridized carbons (Fsp3) is 0.565. The van der Waals surface area contributed by atoms with E-state index in [2.05, 4.69) is 30.8 Å². The Morgan fingerprint density at radius 2 is 1.39 bits per heavy atom. The Morgan fingerprint density at radius 1 is 0.889 bits per heavy atom. The van der Waals surface area contributed by atoms with Crippen LogP contribution in [0.15, 0.2) is 43.5 Å². The Labute approximate surface area is 209 Å². The summed E-state index contributed by atoms with van der Waals surface area (Å²) in [6.45, 7) is 5.98. The summed E-state index contributed by atoms with van der Waals surface area (Å²) in [7, 11) is 0. The molecule has 0 aliphatic carbocycles. The number of halogens is 2. The van der Waals surface area contributed by atoms with E-state index in [-0.39, 0.29) is 44.0 Å². The van der Waals surface area contributed by atoms with Crippen molar-refractivity contribution in [2.45, 2.75) is 57.5 Å². The average Bonchev–Trinajstić information content (AvgIpc) is 3.56. The lowest BCUT2D eigenvalue weighted by atomic mass is 9.93. The molecule has 0 radical (unpaired) electrons. The van der Waals surface area contributed by atoms with Crippen LogP contribution in [0.5, 0.6) is 0 Å². The number of nitrogens with zero attached hydrogens (tertiary/aromatic N) is 6. The van der Waals surface area contributed by atoms with Gasteiger partial charge in [-0.3, -0.25) is 0 Å². The standard InChI is InChI=1S/C13H12F2N6O.C10H24N2O2/c14-10-1-2-11(12(15)3-10)13(22,4-20-8-16-6-18-20)5-21-9-17-7-19-21;1-3-9(7-13)11-5-6-12-10(4-2)8-14/h1-3,6-9,22H,4-5H2;9-14H,3-8H2,1-2H3/t;9-,10-/m.0/s1. The van der Waals surface area contributed by atoms with Crippen molar-refractivity contribution in [2.24, 2.45) is 0 Å². The zero-order chi connectivity index (χ0) is 26.4. The predicted molar refractivity (Wildman–Crippen MR) is 129 cm³/mol. The second kappa shape index (κ2) is 15.3. The molecule has 0 aliphatic heterocycles. The lowest BCUT2D eigenvalue weighted by Gasteiger charge is -2.28. The van der Waals surface area contributed by atoms with Crippen molar-refractivity contribution < 1.29 is 24.1 Å². The Bertz CT molecular complexity index is 918. The number of aliphatic hydroxyl groups is 3. The van der Waals surface area contributed by atoms with E-state index in [0.29, 0.717) is 0 Å². The summed E-state index contributed by atoms with van der Waals surface area (Å²) in [4.78, 5) is 7.57. The molecule has 0 amide bonds. The van der Waals surface area contributed by atoms with E-state index < -0.39 is 17.2 Å². The maximum atomic E-state index is 14.1. The molecule has 1 aromatic carbocycles. The fourth-order valence-corrected chi connectivity index (χ4v) is 3.48. The molecule has 0 unspecified atom stereocenters. The van der Waals surface area contributed by atoms with E-state index in [4.69, 9.17) is 10.2 Å². The molecular weight excluding hydrogens is 474 g/mol. The third-order valence-electron chi connectivity index (χ3n) is 5.63. The molecule has 0 bridgehead atoms. The molecule has 0 aliphatic rings. The number of aliphatic hydroxyl groups excluding tert-OH is 2. The first-order valence-electron chi connectivity index (χ1n) is 11.9. The monoisotopic (exact) mass is 510 g/mol. The first-order valence-corrected chi connectivity index (χ1v) is 11.9. The van der Waals surface area contributed by atoms with Crippen LogP contribution in [0.25, 0.3) is 0 Å². The topological polar surface area (TPSA) is 146 Å². The minimum atomic E-state index is -1.70. The van der Waals surface area contributed by atoms with Crippen molar-refractivity contribution in [3.8, 4) is 0 Å². The minimum absolute atomic E-state index is 0.0556. The van der Waals surface area contributed by atoms with Gasteiger partial charge in [0.15, 0.2) is 0 Å². The van der Waals surface area contributed by atoms with Crippen LogP contribution in [0, 0.1) is 11.6 Å². The van der Waals surface area contributed by atoms with Gasteiger partial charge in [0.1, 0.15) is 42.5 Å². The number of aromatic nitrogens is 6. The van der Waals surface area contributed by atoms with Gasteiger partial charge < -0.3 is 26.0 Å². The van der Waals surface area contributed by atoms with Gasteiger partial charge in [-0.1, -0.05) is 19.9 Å². The Morgan fingerprint density at radius 3 is 1.75 bits per heavy atom. The van der Waals surface area contributed by atoms with Crippen molar-refractivity contribution in [3.63, 3.8) is 0 Å². The number of rotatable bonds is 14. The van der Waals surface area contributed by atoms with E-state index in [1.807, 2.05) is 13.8 Å². The quantitative estimate of drug-likeness (QED) is 0.195. The zero-order valence-corrected chi connectivity index (χ0v) is 20.6. The number of hydrogen-bond donors (Lipinski definition) is 5. The maximum absolute atomic E-state index is 14.1. The van der Waals surface area contributed by atoms with Crippen LogP contribution < -0.4 is 10.6 Å². The number of hydrogen-bond acceptors (Lipinski definition) is 9. The Kier molecular flexibility index (Phi) is 12.5. The summed E-state index contributed by atoms with van der Waals surface area (Å²) in [6.07, 6.45) is 7.27. The normalized spacial score (nSPS) is 13.2. The van der Waals surface area contributed by atoms with Crippen LogP contribution in [0.1, 0.15) is 32.3 Å². The molecular formula is C23H36F2N8O3. The minimum Gasteiger partial charge on any atom is -0.395 e. The molecule has 0 saturated heterocycles. The van der Waals surface area contributed by atoms with Gasteiger partial charge in [0.25, 0.3) is 0 Å². The van der Waals surface area contributed by atoms with E-state index in [0.717, 1.165) is 38.1 Å². The molecule has 11 nitrogen and oxygen atoms in total. The Balaban J connectivity index is 0.000000284. The molecule has 200 valence electrons. The molecule has 13 heteroatoms. The summed E-state index contributed by atoms with van der Waals surface area (Å²) in [5.74, 6) is -1.56. The van der Waals surface area contributed by atoms with Gasteiger partial charge in [-0.05, 0) is 18.9 Å². The van der Waals surface area contributed by atoms with Gasteiger partial charge in [0.05, 0.1) is 26.3 Å². The van der Waals surface area contributed by atoms with Gasteiger partial charge in [0.2, 0.25) is 0 Å². The largest absolute Gasteiger partial charge is 0.395 e. The van der Waals surface area contributed by atoms with Crippen LogP contribution in [-0.4, -0.2) is 83.2 Å². The average molecular weight is 511 g/mol. The first kappa shape index (κ1) is 29.4. The smallest absolute Gasteiger partial charge is 0.137 e. The molecule has 36 heavy (non-hydrogen) atoms. The third-order valence-corrected chi connectivity index (χ3v) is 5.63. The molecule has 2 heterocycles. The van der Waals surface area contributed by atoms with Gasteiger partial charge in [0, 0.05) is 36.8 Å². The summed E-state index contributed by atoms with van der Waals surface area (Å²) in [6, 6.07) is 3.42. The van der Waals surface area contributed by atoms with Crippen LogP contribution in [0.4, 0.5) is 8.78 Å². The molecule has 0 fully saturated rings. The third kappa shape index (κ3) is 9.32. The molecule has 5 N–H and O–H groups in total. The highest BCUT2D eigenvalue weighted by molar-refractivity contribution is 5.25. The molecule has 2 atom stereocenters. The lowest BCUT2D eigenvalue weighted by Crippen LogP contribution is -2.40. The number of nitrogens with one attached hydrogen (secondary N) is 2. The highest BCUT2D eigenvalue weighted by Gasteiger charge is 2.34. The lowest BCUT2D eigenvalue weighted by molar-refractivity contribution is -0.00856. The van der Waals surface area contributed by atoms with E-state index in [1.54, 1.807) is 0 Å². The molecule has 2 aromatic heterocycles. The SMILES string of the molecule is CC[C@@H](CO)NCCN[C@@H](CC)CO.OC(Cn1cncn1)(Cn1cncn1)c1ccc(F)cc1F. The predicted octanol–water partition coefficient (Wildman–Crippen LogP) is 0.443. The van der Waals surface area contributed by atoms with Crippen molar-refractivity contribution in [2.75, 3.05) is 26.3 Å². The number of benzene rings is 1. The molecule has 0 spiro atoms. The summed E-state index contributed by atoms with van der Waals surface area (Å²) < 4.78 is 29.9. The van der Waals surface area contributed by atoms with Crippen LogP contribution >= 0.6 is 0 Å². The van der Waals surface area contributed by atoms with Crippen molar-refractivity contribution in [1.82, 2.24) is 40.2 Å². The molecule has 0 saturated carbocycles. The molecule has 3 rings (SSSR count). The van der Waals surface area contributed by atoms with Crippen LogP contribution in [0.3, 0.4) is 0 Å². The summed E-state index contributed by atoms with van der Waals surface area (Å²) >= 11 is 0. The van der Waals surface area contributed by atoms with Crippen molar-refractivity contribution >= 4 is 0 Å². The van der Waals surface area contributed by atoms with Crippen molar-refractivity contribution in [3.05, 3.63) is 60.7 Å².